The van der Waals surface area contributed by atoms with Gasteiger partial charge in [0.15, 0.2) is 5.78 Å². The largest absolute Gasteiger partial charge is 0.297 e. The zero-order valence-corrected chi connectivity index (χ0v) is 13.4. The monoisotopic (exact) mass is 330 g/mol. The van der Waals surface area contributed by atoms with Crippen LogP contribution in [0.5, 0.6) is 0 Å². The highest BCUT2D eigenvalue weighted by molar-refractivity contribution is 5.97. The third-order valence-electron chi connectivity index (χ3n) is 4.32. The van der Waals surface area contributed by atoms with Crippen molar-refractivity contribution in [1.29, 1.82) is 0 Å². The van der Waals surface area contributed by atoms with Crippen LogP contribution in [0.3, 0.4) is 0 Å². The number of carbonyl (C=O) groups is 1. The van der Waals surface area contributed by atoms with Crippen LogP contribution in [0.4, 0.5) is 8.78 Å². The zero-order chi connectivity index (χ0) is 16.9. The third-order valence-corrected chi connectivity index (χ3v) is 4.32. The van der Waals surface area contributed by atoms with E-state index in [9.17, 15) is 13.6 Å². The second-order valence-electron chi connectivity index (χ2n) is 6.11. The van der Waals surface area contributed by atoms with Gasteiger partial charge in [0.1, 0.15) is 11.6 Å². The summed E-state index contributed by atoms with van der Waals surface area (Å²) < 4.78 is 25.8. The van der Waals surface area contributed by atoms with Crippen LogP contribution in [-0.4, -0.2) is 48.3 Å². The molecule has 0 N–H and O–H groups in total. The molecule has 1 saturated heterocycles. The lowest BCUT2D eigenvalue weighted by Gasteiger charge is -2.34. The van der Waals surface area contributed by atoms with E-state index in [1.54, 1.807) is 12.1 Å². The molecule has 3 rings (SSSR count). The molecule has 1 aliphatic heterocycles. The van der Waals surface area contributed by atoms with Crippen LogP contribution < -0.4 is 0 Å². The molecule has 0 aromatic heterocycles. The maximum absolute atomic E-state index is 12.9. The van der Waals surface area contributed by atoms with Gasteiger partial charge in [-0.1, -0.05) is 12.1 Å². The Morgan fingerprint density at radius 2 is 1.29 bits per heavy atom. The van der Waals surface area contributed by atoms with Crippen LogP contribution in [-0.2, 0) is 6.54 Å². The molecule has 126 valence electrons. The number of ketones is 1. The number of hydrogen-bond donors (Lipinski definition) is 0. The van der Waals surface area contributed by atoms with Crippen LogP contribution in [0.1, 0.15) is 15.9 Å². The quantitative estimate of drug-likeness (QED) is 0.788. The standard InChI is InChI=1S/C19H20F2N2O/c20-17-5-1-15(2-6-17)13-22-9-11-23(12-10-22)14-19(24)16-3-7-18(21)8-4-16/h1-8H,9-14H2. The minimum Gasteiger partial charge on any atom is -0.297 e. The maximum atomic E-state index is 12.9. The van der Waals surface area contributed by atoms with Crippen molar-refractivity contribution in [3.05, 3.63) is 71.3 Å². The number of nitrogens with zero attached hydrogens (tertiary/aromatic N) is 2. The molecule has 3 nitrogen and oxygen atoms in total. The van der Waals surface area contributed by atoms with Gasteiger partial charge in [-0.15, -0.1) is 0 Å². The van der Waals surface area contributed by atoms with Gasteiger partial charge in [-0.2, -0.15) is 0 Å². The van der Waals surface area contributed by atoms with Crippen molar-refractivity contribution in [2.45, 2.75) is 6.54 Å². The van der Waals surface area contributed by atoms with E-state index in [-0.39, 0.29) is 17.4 Å². The second kappa shape index (κ2) is 7.64. The molecule has 0 aliphatic carbocycles. The molecule has 0 saturated carbocycles. The summed E-state index contributed by atoms with van der Waals surface area (Å²) in [6, 6.07) is 12.3. The number of benzene rings is 2. The Kier molecular flexibility index (Phi) is 5.33. The predicted molar refractivity (Wildman–Crippen MR) is 88.8 cm³/mol. The molecule has 1 fully saturated rings. The van der Waals surface area contributed by atoms with Gasteiger partial charge in [0.25, 0.3) is 0 Å². The van der Waals surface area contributed by atoms with E-state index in [4.69, 9.17) is 0 Å². The first kappa shape index (κ1) is 16.7. The molecule has 0 spiro atoms. The first-order chi connectivity index (χ1) is 11.6. The topological polar surface area (TPSA) is 23.6 Å². The van der Waals surface area contributed by atoms with Crippen molar-refractivity contribution in [2.24, 2.45) is 0 Å². The van der Waals surface area contributed by atoms with Crippen LogP contribution in [0, 0.1) is 11.6 Å². The molecule has 2 aromatic carbocycles. The Labute approximate surface area is 140 Å². The van der Waals surface area contributed by atoms with E-state index in [1.807, 2.05) is 0 Å². The van der Waals surface area contributed by atoms with E-state index in [0.717, 1.165) is 38.3 Å². The van der Waals surface area contributed by atoms with Gasteiger partial charge in [0.2, 0.25) is 0 Å². The summed E-state index contributed by atoms with van der Waals surface area (Å²) in [4.78, 5) is 16.6. The normalized spacial score (nSPS) is 16.2. The van der Waals surface area contributed by atoms with E-state index < -0.39 is 0 Å². The van der Waals surface area contributed by atoms with Gasteiger partial charge in [0, 0.05) is 38.3 Å². The minimum absolute atomic E-state index is 0.0157. The summed E-state index contributed by atoms with van der Waals surface area (Å²) in [5.74, 6) is -0.536. The number of rotatable bonds is 5. The molecule has 1 aliphatic rings. The van der Waals surface area contributed by atoms with Crippen molar-refractivity contribution >= 4 is 5.78 Å². The van der Waals surface area contributed by atoms with Crippen molar-refractivity contribution in [1.82, 2.24) is 9.80 Å². The number of carbonyl (C=O) groups excluding carboxylic acids is 1. The molecule has 0 unspecified atom stereocenters. The average Bonchev–Trinajstić information content (AvgIpc) is 2.59. The summed E-state index contributed by atoms with van der Waals surface area (Å²) in [5, 5.41) is 0. The zero-order valence-electron chi connectivity index (χ0n) is 13.4. The van der Waals surface area contributed by atoms with E-state index in [2.05, 4.69) is 9.80 Å². The van der Waals surface area contributed by atoms with Crippen LogP contribution >= 0.6 is 0 Å². The van der Waals surface area contributed by atoms with Gasteiger partial charge < -0.3 is 0 Å². The molecular weight excluding hydrogens is 310 g/mol. The van der Waals surface area contributed by atoms with Crippen molar-refractivity contribution in [3.63, 3.8) is 0 Å². The van der Waals surface area contributed by atoms with Crippen LogP contribution in [0.25, 0.3) is 0 Å². The van der Waals surface area contributed by atoms with Gasteiger partial charge in [-0.25, -0.2) is 8.78 Å². The number of halogens is 2. The smallest absolute Gasteiger partial charge is 0.176 e. The van der Waals surface area contributed by atoms with E-state index >= 15 is 0 Å². The van der Waals surface area contributed by atoms with Gasteiger partial charge >= 0.3 is 0 Å². The number of Topliss-reactive ketones (excluding diaryl/α,β-unsaturated/α-hetero) is 1. The highest BCUT2D eigenvalue weighted by Gasteiger charge is 2.19. The summed E-state index contributed by atoms with van der Waals surface area (Å²) in [6.45, 7) is 4.51. The minimum atomic E-state index is -0.332. The molecule has 0 atom stereocenters. The summed E-state index contributed by atoms with van der Waals surface area (Å²) >= 11 is 0. The fourth-order valence-electron chi connectivity index (χ4n) is 2.88. The lowest BCUT2D eigenvalue weighted by molar-refractivity contribution is 0.0843. The maximum Gasteiger partial charge on any atom is 0.176 e. The summed E-state index contributed by atoms with van der Waals surface area (Å²) in [6.07, 6.45) is 0. The van der Waals surface area contributed by atoms with E-state index in [0.29, 0.717) is 12.1 Å². The average molecular weight is 330 g/mol. The molecule has 0 bridgehead atoms. The molecule has 0 amide bonds. The molecule has 5 heteroatoms. The Morgan fingerprint density at radius 1 is 0.792 bits per heavy atom. The second-order valence-corrected chi connectivity index (χ2v) is 6.11. The molecule has 2 aromatic rings. The predicted octanol–water partition coefficient (Wildman–Crippen LogP) is 2.97. The Balaban J connectivity index is 1.47. The summed E-state index contributed by atoms with van der Waals surface area (Å²) in [7, 11) is 0. The highest BCUT2D eigenvalue weighted by Crippen LogP contribution is 2.11. The third kappa shape index (κ3) is 4.46. The first-order valence-corrected chi connectivity index (χ1v) is 8.08. The number of hydrogen-bond acceptors (Lipinski definition) is 3. The lowest BCUT2D eigenvalue weighted by atomic mass is 10.1. The first-order valence-electron chi connectivity index (χ1n) is 8.08. The van der Waals surface area contributed by atoms with Crippen molar-refractivity contribution in [3.8, 4) is 0 Å². The van der Waals surface area contributed by atoms with E-state index in [1.165, 1.54) is 36.4 Å². The summed E-state index contributed by atoms with van der Waals surface area (Å²) in [5.41, 5.74) is 1.64. The fourth-order valence-corrected chi connectivity index (χ4v) is 2.88. The lowest BCUT2D eigenvalue weighted by Crippen LogP contribution is -2.47. The van der Waals surface area contributed by atoms with Crippen molar-refractivity contribution < 1.29 is 13.6 Å². The number of piperazine rings is 1. The Morgan fingerprint density at radius 3 is 1.88 bits per heavy atom. The molecule has 24 heavy (non-hydrogen) atoms. The Bertz CT molecular complexity index is 678. The van der Waals surface area contributed by atoms with Crippen molar-refractivity contribution in [2.75, 3.05) is 32.7 Å². The van der Waals surface area contributed by atoms with Gasteiger partial charge in [-0.3, -0.25) is 14.6 Å². The fraction of sp³-hybridized carbons (Fsp3) is 0.316. The van der Waals surface area contributed by atoms with Crippen LogP contribution in [0.15, 0.2) is 48.5 Å². The van der Waals surface area contributed by atoms with Gasteiger partial charge in [0.05, 0.1) is 6.54 Å². The SMILES string of the molecule is O=C(CN1CCN(Cc2ccc(F)cc2)CC1)c1ccc(F)cc1. The van der Waals surface area contributed by atoms with Gasteiger partial charge in [-0.05, 0) is 42.0 Å². The highest BCUT2D eigenvalue weighted by atomic mass is 19.1. The molecular formula is C19H20F2N2O. The van der Waals surface area contributed by atoms with Crippen LogP contribution in [0.2, 0.25) is 0 Å². The molecule has 0 radical (unpaired) electrons. The molecule has 1 heterocycles. The Hall–Kier alpha value is -2.11.